The van der Waals surface area contributed by atoms with Crippen LogP contribution in [0.25, 0.3) is 0 Å². The van der Waals surface area contributed by atoms with Crippen molar-refractivity contribution < 1.29 is 0 Å². The molecule has 0 heterocycles. The van der Waals surface area contributed by atoms with Gasteiger partial charge in [0.15, 0.2) is 0 Å². The fourth-order valence-corrected chi connectivity index (χ4v) is 16.8. The Morgan fingerprint density at radius 3 is 0.892 bits per heavy atom. The summed E-state index contributed by atoms with van der Waals surface area (Å²) >= 11 is 0. The Balaban J connectivity index is 0.000000800. The smallest absolute Gasteiger partial charge is 0.00779 e. The summed E-state index contributed by atoms with van der Waals surface area (Å²) in [6.45, 7) is 70.5. The minimum atomic E-state index is 0.309. The predicted molar refractivity (Wildman–Crippen MR) is 552 cm³/mol. The maximum Gasteiger partial charge on any atom is -0.00779 e. The molecule has 4 atom stereocenters. The van der Waals surface area contributed by atoms with Crippen molar-refractivity contribution in [3.05, 3.63) is 283 Å². The van der Waals surface area contributed by atoms with E-state index in [1.165, 1.54) is 352 Å². The summed E-state index contributed by atoms with van der Waals surface area (Å²) in [5.74, 6) is 1.40. The normalized spacial score (nSPS) is 18.6. The molecule has 0 bridgehead atoms. The molecule has 0 heteroatoms. The largest absolute Gasteiger partial charge is 0.103 e. The first-order valence-corrected chi connectivity index (χ1v) is 48.7. The van der Waals surface area contributed by atoms with Crippen molar-refractivity contribution in [2.75, 3.05) is 0 Å². The molecular weight excluding hydrogens is 1440 g/mol. The standard InChI is InChI=1S/4C30H48/c1-24(2)13-8-15-26(5)17-10-19-28(7)30-22-12-21-29(23-30)20-11-18-27(6)16-9-14-25(3)4;1-24(2)12-8-14-26(5)16-10-18-28(7)30-22-20-29(21-23-30)19-11-17-27(6)15-9-13-25(3)4;1-8-30(22-12-19-28(7)17-10-15-26(4)5)23-13-21-29(24-30)20-11-18-27(6)16-9-14-25(2)3;1-8-30(22-12-18-28(7)16-10-14-26(4)5)23-20-29(21-24-30)19-11-17-27(6)15-9-13-25(2)3/h13-14,17-18,21,30H,7-12,15-16,19-20,22-23H2,1-6H3;12-13,16-17,20,30H,7-11,14-15,18-19,21-23H2,1-6H3;8,14-15,18-19,21H,1,9-13,16-17,20,22-24H2,2-7H3;8,13-14,17-18,20H,1,9-12,15-16,19,21-24H2,2-7H3/b26-17+,27-18+;26-16+,27-17+;27-18+,28-19+;27-17+,28-18+. The molecule has 0 fully saturated rings. The molecule has 0 aromatic carbocycles. The molecule has 0 aliphatic heterocycles. The highest BCUT2D eigenvalue weighted by Crippen LogP contribution is 2.44. The molecule has 0 saturated carbocycles. The van der Waals surface area contributed by atoms with Crippen molar-refractivity contribution in [1.29, 1.82) is 0 Å². The van der Waals surface area contributed by atoms with Gasteiger partial charge >= 0.3 is 0 Å². The number of hydrogen-bond acceptors (Lipinski definition) is 0. The summed E-state index contributed by atoms with van der Waals surface area (Å²) in [6, 6.07) is 0. The Kier molecular flexibility index (Phi) is 63.5. The zero-order valence-corrected chi connectivity index (χ0v) is 83.8. The first-order valence-electron chi connectivity index (χ1n) is 48.7. The summed E-state index contributed by atoms with van der Waals surface area (Å²) in [6.07, 6.45) is 106. The van der Waals surface area contributed by atoms with Gasteiger partial charge in [0.05, 0.1) is 0 Å². The molecule has 0 spiro atoms. The van der Waals surface area contributed by atoms with Crippen LogP contribution in [0.2, 0.25) is 0 Å². The van der Waals surface area contributed by atoms with Gasteiger partial charge in [-0.05, 0) is 471 Å². The molecule has 4 rings (SSSR count). The summed E-state index contributed by atoms with van der Waals surface area (Å²) < 4.78 is 0. The number of hydrogen-bond donors (Lipinski definition) is 0. The number of allylic oxidation sites excluding steroid dienone is 44. The van der Waals surface area contributed by atoms with Crippen LogP contribution in [0.15, 0.2) is 283 Å². The highest BCUT2D eigenvalue weighted by molar-refractivity contribution is 5.22. The molecule has 0 N–H and O–H groups in total. The van der Waals surface area contributed by atoms with E-state index in [9.17, 15) is 0 Å². The quantitative estimate of drug-likeness (QED) is 0.0533. The molecule has 4 aliphatic carbocycles. The van der Waals surface area contributed by atoms with Gasteiger partial charge in [-0.15, -0.1) is 13.2 Å². The van der Waals surface area contributed by atoms with Gasteiger partial charge in [0, 0.05) is 0 Å². The van der Waals surface area contributed by atoms with Gasteiger partial charge < -0.3 is 0 Å². The van der Waals surface area contributed by atoms with E-state index in [-0.39, 0.29) is 0 Å². The monoisotopic (exact) mass is 1630 g/mol. The van der Waals surface area contributed by atoms with E-state index >= 15 is 0 Å². The Morgan fingerprint density at radius 2 is 0.575 bits per heavy atom. The Hall–Kier alpha value is -6.24. The first kappa shape index (κ1) is 112. The van der Waals surface area contributed by atoms with Crippen molar-refractivity contribution in [2.45, 2.75) is 449 Å². The fraction of sp³-hybridized carbons (Fsp3) is 0.600. The highest BCUT2D eigenvalue weighted by Gasteiger charge is 2.30. The molecule has 0 saturated heterocycles. The molecule has 0 aromatic rings. The zero-order valence-electron chi connectivity index (χ0n) is 83.8. The fourth-order valence-electron chi connectivity index (χ4n) is 16.8. The van der Waals surface area contributed by atoms with Gasteiger partial charge in [-0.1, -0.05) is 269 Å². The third-order valence-electron chi connectivity index (χ3n) is 25.1. The lowest BCUT2D eigenvalue weighted by molar-refractivity contribution is 0.308. The van der Waals surface area contributed by atoms with E-state index in [1.807, 2.05) is 0 Å². The van der Waals surface area contributed by atoms with Crippen LogP contribution >= 0.6 is 0 Å². The second-order valence-electron chi connectivity index (χ2n) is 39.5. The SMILES string of the molecule is C=C(CC/C=C(\C)CCC=C(C)C)C1CC=C(CC/C=C(\C)CCC=C(C)C)CC1.C=C(CC/C=C(\C)CCC=C(C)C)C1CCC=C(CC/C=C(\C)CCC=C(C)C)C1.C=CC1(CC/C=C(\C)CCC=C(C)C)CC=C(CC/C=C(\C)CCC=C(C)C)CC1.C=CC1(CC/C=C(\C)CCC=C(C)C)CCC=C(CC/C=C(\C)CCC=C(C)C)C1. The molecule has 4 aliphatic rings. The van der Waals surface area contributed by atoms with E-state index in [4.69, 9.17) is 0 Å². The molecule has 4 unspecified atom stereocenters. The maximum absolute atomic E-state index is 4.47. The summed E-state index contributed by atoms with van der Waals surface area (Å²) in [5.41, 5.74) is 33.9. The van der Waals surface area contributed by atoms with E-state index in [0.717, 1.165) is 25.7 Å². The van der Waals surface area contributed by atoms with Crippen molar-refractivity contribution in [1.82, 2.24) is 0 Å². The van der Waals surface area contributed by atoms with Crippen LogP contribution in [0, 0.1) is 22.7 Å². The lowest BCUT2D eigenvalue weighted by atomic mass is 9.70. The lowest BCUT2D eigenvalue weighted by Gasteiger charge is -2.35. The topological polar surface area (TPSA) is 0 Å². The average Bonchev–Trinajstić information content (AvgIpc) is 0.842. The summed E-state index contributed by atoms with van der Waals surface area (Å²) in [5, 5.41) is 0. The van der Waals surface area contributed by atoms with Gasteiger partial charge in [-0.25, -0.2) is 0 Å². The Labute approximate surface area is 749 Å². The summed E-state index contributed by atoms with van der Waals surface area (Å²) in [4.78, 5) is 0. The average molecular weight is 1630 g/mol. The van der Waals surface area contributed by atoms with Crippen LogP contribution in [0.3, 0.4) is 0 Å². The van der Waals surface area contributed by atoms with Crippen LogP contribution in [-0.2, 0) is 0 Å². The Morgan fingerprint density at radius 1 is 0.283 bits per heavy atom. The lowest BCUT2D eigenvalue weighted by Crippen LogP contribution is -2.21. The van der Waals surface area contributed by atoms with Crippen molar-refractivity contribution in [2.24, 2.45) is 22.7 Å². The van der Waals surface area contributed by atoms with E-state index in [0.29, 0.717) is 22.7 Å². The second-order valence-corrected chi connectivity index (χ2v) is 39.5. The first-order chi connectivity index (χ1) is 57.1. The van der Waals surface area contributed by atoms with Gasteiger partial charge in [0.1, 0.15) is 0 Å². The highest BCUT2D eigenvalue weighted by atomic mass is 14.3. The minimum absolute atomic E-state index is 0.309. The van der Waals surface area contributed by atoms with E-state index < -0.39 is 0 Å². The molecule has 0 aromatic heterocycles. The van der Waals surface area contributed by atoms with Crippen LogP contribution in [0.5, 0.6) is 0 Å². The molecule has 0 radical (unpaired) electrons. The van der Waals surface area contributed by atoms with E-state index in [2.05, 4.69) is 326 Å². The van der Waals surface area contributed by atoms with Gasteiger partial charge in [0.25, 0.3) is 0 Å². The molecule has 0 nitrogen and oxygen atoms in total. The zero-order chi connectivity index (χ0) is 89.5. The molecule has 0 amide bonds. The van der Waals surface area contributed by atoms with Crippen molar-refractivity contribution in [3.8, 4) is 0 Å². The Bertz CT molecular complexity index is 3630. The maximum atomic E-state index is 4.47. The summed E-state index contributed by atoms with van der Waals surface area (Å²) in [7, 11) is 0. The second kappa shape index (κ2) is 68.1. The molecule has 120 heavy (non-hydrogen) atoms. The predicted octanol–water partition coefficient (Wildman–Crippen LogP) is 40.9. The van der Waals surface area contributed by atoms with Crippen LogP contribution in [-0.4, -0.2) is 0 Å². The minimum Gasteiger partial charge on any atom is -0.103 e. The van der Waals surface area contributed by atoms with E-state index in [1.54, 1.807) is 27.9 Å². The van der Waals surface area contributed by atoms with Gasteiger partial charge in [-0.2, -0.15) is 0 Å². The van der Waals surface area contributed by atoms with Crippen molar-refractivity contribution in [3.63, 3.8) is 0 Å². The molecular formula is C120H192. The number of rotatable bonds is 52. The van der Waals surface area contributed by atoms with Gasteiger partial charge in [-0.3, -0.25) is 0 Å². The van der Waals surface area contributed by atoms with Crippen LogP contribution in [0.1, 0.15) is 449 Å². The van der Waals surface area contributed by atoms with Crippen molar-refractivity contribution >= 4 is 0 Å². The molecule has 672 valence electrons. The van der Waals surface area contributed by atoms with Gasteiger partial charge in [0.2, 0.25) is 0 Å². The third-order valence-corrected chi connectivity index (χ3v) is 25.1. The van der Waals surface area contributed by atoms with Crippen LogP contribution < -0.4 is 0 Å². The van der Waals surface area contributed by atoms with Crippen LogP contribution in [0.4, 0.5) is 0 Å². The third kappa shape index (κ3) is 61.1.